The fourth-order valence-electron chi connectivity index (χ4n) is 3.57. The lowest BCUT2D eigenvalue weighted by molar-refractivity contribution is 0.282. The van der Waals surface area contributed by atoms with Gasteiger partial charge < -0.3 is 19.9 Å². The number of H-pyrrole nitrogens is 1. The number of hydrogen-bond donors (Lipinski definition) is 2. The number of nitrogens with one attached hydrogen (secondary N) is 1. The summed E-state index contributed by atoms with van der Waals surface area (Å²) in [6, 6.07) is 11.2. The summed E-state index contributed by atoms with van der Waals surface area (Å²) in [7, 11) is 1.56. The molecule has 3 aromatic rings. The molecule has 10 heteroatoms. The number of nitrogens with zero attached hydrogens (tertiary/aromatic N) is 2. The van der Waals surface area contributed by atoms with Crippen molar-refractivity contribution in [2.45, 2.75) is 19.4 Å². The fourth-order valence-corrected chi connectivity index (χ4v) is 4.81. The summed E-state index contributed by atoms with van der Waals surface area (Å²) in [5.41, 5.74) is 9.47. The van der Waals surface area contributed by atoms with E-state index >= 15 is 0 Å². The number of rotatable bonds is 5. The predicted octanol–water partition coefficient (Wildman–Crippen LogP) is 5.44. The minimum Gasteiger partial charge on any atom is -0.493 e. The second kappa shape index (κ2) is 9.10. The van der Waals surface area contributed by atoms with Crippen LogP contribution < -0.4 is 19.9 Å². The molecule has 164 valence electrons. The Morgan fingerprint density at radius 1 is 1.31 bits per heavy atom. The Kier molecular flexibility index (Phi) is 6.42. The van der Waals surface area contributed by atoms with Crippen LogP contribution in [0.1, 0.15) is 28.3 Å². The molecule has 0 saturated heterocycles. The molecule has 0 spiro atoms. The van der Waals surface area contributed by atoms with Crippen LogP contribution in [0.3, 0.4) is 0 Å². The molecular formula is C22H17Cl2IN4O3. The van der Waals surface area contributed by atoms with E-state index in [1.165, 1.54) is 0 Å². The van der Waals surface area contributed by atoms with Gasteiger partial charge in [0.1, 0.15) is 18.2 Å². The Labute approximate surface area is 208 Å². The maximum absolute atomic E-state index is 9.78. The van der Waals surface area contributed by atoms with E-state index in [1.54, 1.807) is 19.2 Å². The molecule has 0 bridgehead atoms. The van der Waals surface area contributed by atoms with Gasteiger partial charge in [0.25, 0.3) is 0 Å². The number of aromatic amines is 1. The van der Waals surface area contributed by atoms with Gasteiger partial charge in [-0.3, -0.25) is 5.10 Å². The summed E-state index contributed by atoms with van der Waals surface area (Å²) in [6.45, 7) is 2.11. The fraction of sp³-hybridized carbons (Fsp3) is 0.182. The first-order valence-corrected chi connectivity index (χ1v) is 11.2. The highest BCUT2D eigenvalue weighted by Gasteiger charge is 2.35. The van der Waals surface area contributed by atoms with Crippen LogP contribution in [0.15, 0.2) is 41.8 Å². The molecule has 0 amide bonds. The second-order valence-corrected chi connectivity index (χ2v) is 9.06. The van der Waals surface area contributed by atoms with Gasteiger partial charge in [0.05, 0.1) is 16.6 Å². The van der Waals surface area contributed by atoms with E-state index in [0.29, 0.717) is 33.0 Å². The zero-order valence-corrected chi connectivity index (χ0v) is 20.7. The minimum atomic E-state index is -0.454. The highest BCUT2D eigenvalue weighted by atomic mass is 127. The average molecular weight is 583 g/mol. The third-order valence-corrected chi connectivity index (χ3v) is 6.49. The average Bonchev–Trinajstić information content (AvgIpc) is 3.12. The SMILES string of the molecule is COc1cc(C2C(C#N)=C(N)Oc3n[nH]c(C)c32)cc(I)c1OCc1ccc(Cl)cc1Cl. The zero-order chi connectivity index (χ0) is 23.0. The number of allylic oxidation sites excluding steroid dienone is 1. The number of fused-ring (bicyclic) bond motifs is 1. The highest BCUT2D eigenvalue weighted by molar-refractivity contribution is 14.1. The van der Waals surface area contributed by atoms with Crippen LogP contribution in [0.4, 0.5) is 0 Å². The van der Waals surface area contributed by atoms with Crippen molar-refractivity contribution in [3.05, 3.63) is 77.8 Å². The van der Waals surface area contributed by atoms with Crippen molar-refractivity contribution >= 4 is 45.8 Å². The number of methoxy groups -OCH3 is 1. The van der Waals surface area contributed by atoms with Crippen molar-refractivity contribution < 1.29 is 14.2 Å². The normalized spacial score (nSPS) is 15.1. The molecule has 0 aliphatic carbocycles. The molecule has 1 aliphatic rings. The lowest BCUT2D eigenvalue weighted by Gasteiger charge is -2.25. The molecule has 1 aliphatic heterocycles. The first-order chi connectivity index (χ1) is 15.3. The van der Waals surface area contributed by atoms with Crippen LogP contribution in [0.5, 0.6) is 17.4 Å². The predicted molar refractivity (Wildman–Crippen MR) is 129 cm³/mol. The molecule has 3 N–H and O–H groups in total. The molecule has 1 unspecified atom stereocenters. The van der Waals surface area contributed by atoms with E-state index in [2.05, 4.69) is 38.9 Å². The molecule has 2 aromatic carbocycles. The molecular weight excluding hydrogens is 566 g/mol. The molecule has 0 saturated carbocycles. The first-order valence-electron chi connectivity index (χ1n) is 9.40. The maximum atomic E-state index is 9.78. The smallest absolute Gasteiger partial charge is 0.244 e. The number of ether oxygens (including phenoxy) is 3. The molecule has 32 heavy (non-hydrogen) atoms. The molecule has 1 atom stereocenters. The summed E-state index contributed by atoms with van der Waals surface area (Å²) < 4.78 is 18.0. The molecule has 1 aromatic heterocycles. The van der Waals surface area contributed by atoms with E-state index in [-0.39, 0.29) is 12.5 Å². The van der Waals surface area contributed by atoms with Crippen LogP contribution in [-0.4, -0.2) is 17.3 Å². The van der Waals surface area contributed by atoms with Gasteiger partial charge in [-0.25, -0.2) is 0 Å². The van der Waals surface area contributed by atoms with E-state index in [1.807, 2.05) is 25.1 Å². The van der Waals surface area contributed by atoms with Gasteiger partial charge in [0, 0.05) is 26.9 Å². The van der Waals surface area contributed by atoms with Crippen molar-refractivity contribution in [2.24, 2.45) is 5.73 Å². The van der Waals surface area contributed by atoms with Crippen molar-refractivity contribution in [3.8, 4) is 23.4 Å². The van der Waals surface area contributed by atoms with Crippen molar-refractivity contribution in [3.63, 3.8) is 0 Å². The number of halogens is 3. The van der Waals surface area contributed by atoms with Crippen molar-refractivity contribution in [2.75, 3.05) is 7.11 Å². The van der Waals surface area contributed by atoms with Crippen LogP contribution in [0.25, 0.3) is 0 Å². The topological polar surface area (TPSA) is 106 Å². The summed E-state index contributed by atoms with van der Waals surface area (Å²) >= 11 is 14.4. The lowest BCUT2D eigenvalue weighted by Crippen LogP contribution is -2.21. The second-order valence-electron chi connectivity index (χ2n) is 7.05. The Bertz CT molecular complexity index is 1280. The number of benzene rings is 2. The molecule has 0 fully saturated rings. The van der Waals surface area contributed by atoms with Gasteiger partial charge in [0.2, 0.25) is 11.8 Å². The van der Waals surface area contributed by atoms with Crippen LogP contribution in [0, 0.1) is 21.8 Å². The summed E-state index contributed by atoms with van der Waals surface area (Å²) in [5, 5.41) is 17.9. The molecule has 7 nitrogen and oxygen atoms in total. The van der Waals surface area contributed by atoms with Gasteiger partial charge in [-0.1, -0.05) is 29.3 Å². The Morgan fingerprint density at radius 2 is 2.09 bits per heavy atom. The minimum absolute atomic E-state index is 0.0307. The Morgan fingerprint density at radius 3 is 2.78 bits per heavy atom. The summed E-state index contributed by atoms with van der Waals surface area (Å²) in [4.78, 5) is 0. The molecule has 4 rings (SSSR count). The van der Waals surface area contributed by atoms with E-state index in [9.17, 15) is 5.26 Å². The van der Waals surface area contributed by atoms with Crippen molar-refractivity contribution in [1.29, 1.82) is 5.26 Å². The van der Waals surface area contributed by atoms with Crippen LogP contribution in [-0.2, 0) is 6.61 Å². The standard InChI is InChI=1S/C22H17Cl2IN4O3/c1-10-18-19(14(8-26)21(27)32-22(18)29-28-10)12-5-16(25)20(17(6-12)30-2)31-9-11-3-4-13(23)7-15(11)24/h3-7,19H,9,27H2,1-2H3,(H,28,29). The third kappa shape index (κ3) is 4.08. The van der Waals surface area contributed by atoms with Crippen molar-refractivity contribution in [1.82, 2.24) is 10.2 Å². The van der Waals surface area contributed by atoms with E-state index in [0.717, 1.165) is 26.0 Å². The van der Waals surface area contributed by atoms with Gasteiger partial charge in [-0.05, 0) is 59.3 Å². The number of hydrogen-bond acceptors (Lipinski definition) is 6. The number of aryl methyl sites for hydroxylation is 1. The maximum Gasteiger partial charge on any atom is 0.244 e. The van der Waals surface area contributed by atoms with Gasteiger partial charge in [-0.2, -0.15) is 5.26 Å². The Hall–Kier alpha value is -2.61. The van der Waals surface area contributed by atoms with Crippen LogP contribution >= 0.6 is 45.8 Å². The zero-order valence-electron chi connectivity index (χ0n) is 17.0. The van der Waals surface area contributed by atoms with Gasteiger partial charge in [-0.15, -0.1) is 5.10 Å². The Balaban J connectivity index is 1.74. The highest BCUT2D eigenvalue weighted by Crippen LogP contribution is 2.45. The quantitative estimate of drug-likeness (QED) is 0.388. The largest absolute Gasteiger partial charge is 0.493 e. The first kappa shape index (κ1) is 22.6. The van der Waals surface area contributed by atoms with Gasteiger partial charge >= 0.3 is 0 Å². The summed E-state index contributed by atoms with van der Waals surface area (Å²) in [5.74, 6) is 1.01. The monoisotopic (exact) mass is 582 g/mol. The lowest BCUT2D eigenvalue weighted by atomic mass is 9.84. The summed E-state index contributed by atoms with van der Waals surface area (Å²) in [6.07, 6.45) is 0. The molecule has 0 radical (unpaired) electrons. The van der Waals surface area contributed by atoms with E-state index in [4.69, 9.17) is 43.1 Å². The van der Waals surface area contributed by atoms with E-state index < -0.39 is 5.92 Å². The van der Waals surface area contributed by atoms with Gasteiger partial charge in [0.15, 0.2) is 11.5 Å². The number of nitriles is 1. The molecule has 2 heterocycles. The number of aromatic nitrogens is 2. The third-order valence-electron chi connectivity index (χ3n) is 5.10. The number of nitrogens with two attached hydrogens (primary N) is 1. The van der Waals surface area contributed by atoms with Crippen LogP contribution in [0.2, 0.25) is 10.0 Å².